The monoisotopic (exact) mass is 259 g/mol. The summed E-state index contributed by atoms with van der Waals surface area (Å²) in [6.45, 7) is 0.848. The van der Waals surface area contributed by atoms with Gasteiger partial charge in [0.05, 0.1) is 12.7 Å². The number of methoxy groups -OCH3 is 1. The Morgan fingerprint density at radius 2 is 1.94 bits per heavy atom. The summed E-state index contributed by atoms with van der Waals surface area (Å²) >= 11 is 0. The predicted molar refractivity (Wildman–Crippen MR) is 56.3 cm³/mol. The minimum atomic E-state index is -0.972. The molecule has 1 amide bonds. The van der Waals surface area contributed by atoms with E-state index in [4.69, 9.17) is 0 Å². The summed E-state index contributed by atoms with van der Waals surface area (Å²) in [7, 11) is 1.06. The molecule has 0 aliphatic heterocycles. The van der Waals surface area contributed by atoms with Crippen molar-refractivity contribution in [2.75, 3.05) is 7.11 Å². The molecule has 0 saturated heterocycles. The van der Waals surface area contributed by atoms with Gasteiger partial charge in [0.1, 0.15) is 18.2 Å². The second-order valence-electron chi connectivity index (χ2n) is 3.36. The van der Waals surface area contributed by atoms with E-state index in [1.165, 1.54) is 6.92 Å². The molecule has 0 bridgehead atoms. The second kappa shape index (κ2) is 6.06. The molecule has 0 unspecified atom stereocenters. The number of ether oxygens (including phenoxy) is 1. The number of hydrogen-bond donors (Lipinski definition) is 1. The molecule has 0 aliphatic rings. The van der Waals surface area contributed by atoms with E-state index in [-0.39, 0.29) is 12.2 Å². The van der Waals surface area contributed by atoms with Crippen molar-refractivity contribution in [3.05, 3.63) is 34.9 Å². The third kappa shape index (κ3) is 3.49. The number of amides is 1. The fourth-order valence-electron chi connectivity index (χ4n) is 1.18. The molecule has 1 rings (SSSR count). The summed E-state index contributed by atoms with van der Waals surface area (Å²) in [6.07, 6.45) is 0. The van der Waals surface area contributed by atoms with E-state index in [0.29, 0.717) is 6.07 Å². The Hall–Kier alpha value is -2.02. The first kappa shape index (κ1) is 14.0. The quantitative estimate of drug-likeness (QED) is 0.654. The van der Waals surface area contributed by atoms with Gasteiger partial charge in [0.25, 0.3) is 0 Å². The van der Waals surface area contributed by atoms with Gasteiger partial charge in [-0.15, -0.1) is 0 Å². The first-order valence-corrected chi connectivity index (χ1v) is 4.90. The highest BCUT2D eigenvalue weighted by Crippen LogP contribution is 2.16. The topological polar surface area (TPSA) is 64.6 Å². The van der Waals surface area contributed by atoms with Crippen molar-refractivity contribution < 1.29 is 27.9 Å². The number of hydroxylamine groups is 1. The van der Waals surface area contributed by atoms with Crippen molar-refractivity contribution in [2.45, 2.75) is 13.5 Å². The summed E-state index contributed by atoms with van der Waals surface area (Å²) in [5.74, 6) is -3.20. The molecule has 1 aromatic carbocycles. The lowest BCUT2D eigenvalue weighted by Crippen LogP contribution is -2.20. The Bertz CT molecular complexity index is 476. The number of esters is 1. The van der Waals surface area contributed by atoms with Crippen LogP contribution in [0.3, 0.4) is 0 Å². The van der Waals surface area contributed by atoms with E-state index >= 15 is 0 Å². The average Bonchev–Trinajstić information content (AvgIpc) is 2.31. The Labute approximate surface area is 102 Å². The van der Waals surface area contributed by atoms with Crippen molar-refractivity contribution in [1.82, 2.24) is 5.48 Å². The van der Waals surface area contributed by atoms with Crippen LogP contribution < -0.4 is 5.48 Å². The molecule has 1 aromatic rings. The van der Waals surface area contributed by atoms with Crippen LogP contribution >= 0.6 is 0 Å². The lowest BCUT2D eigenvalue weighted by atomic mass is 10.1. The van der Waals surface area contributed by atoms with E-state index < -0.39 is 29.1 Å². The Balaban J connectivity index is 2.86. The zero-order valence-electron chi connectivity index (χ0n) is 9.75. The summed E-state index contributed by atoms with van der Waals surface area (Å²) in [6, 6.07) is 1.52. The minimum absolute atomic E-state index is 0.131. The van der Waals surface area contributed by atoms with Gasteiger partial charge >= 0.3 is 5.97 Å². The SMILES string of the molecule is COC(=O)c1cc(F)c(CONC(C)=O)cc1F. The molecule has 0 saturated carbocycles. The maximum Gasteiger partial charge on any atom is 0.340 e. The molecule has 7 heteroatoms. The molecule has 0 radical (unpaired) electrons. The highest BCUT2D eigenvalue weighted by atomic mass is 19.1. The molecule has 0 spiro atoms. The van der Waals surface area contributed by atoms with Gasteiger partial charge in [-0.05, 0) is 12.1 Å². The summed E-state index contributed by atoms with van der Waals surface area (Å²) in [5.41, 5.74) is 1.34. The van der Waals surface area contributed by atoms with E-state index in [9.17, 15) is 18.4 Å². The maximum absolute atomic E-state index is 13.5. The van der Waals surface area contributed by atoms with Crippen LogP contribution in [0.1, 0.15) is 22.8 Å². The number of carbonyl (C=O) groups is 2. The molecule has 0 aromatic heterocycles. The Morgan fingerprint density at radius 3 is 2.50 bits per heavy atom. The molecular weight excluding hydrogens is 248 g/mol. The predicted octanol–water partition coefficient (Wildman–Crippen LogP) is 1.32. The molecular formula is C11H11F2NO4. The maximum atomic E-state index is 13.5. The van der Waals surface area contributed by atoms with Crippen LogP contribution in [-0.4, -0.2) is 19.0 Å². The number of benzene rings is 1. The van der Waals surface area contributed by atoms with Crippen LogP contribution in [0.15, 0.2) is 12.1 Å². The lowest BCUT2D eigenvalue weighted by molar-refractivity contribution is -0.132. The minimum Gasteiger partial charge on any atom is -0.465 e. The van der Waals surface area contributed by atoms with Crippen molar-refractivity contribution >= 4 is 11.9 Å². The van der Waals surface area contributed by atoms with E-state index in [1.54, 1.807) is 0 Å². The van der Waals surface area contributed by atoms with Crippen LogP contribution in [0.5, 0.6) is 0 Å². The van der Waals surface area contributed by atoms with Crippen molar-refractivity contribution in [3.8, 4) is 0 Å². The van der Waals surface area contributed by atoms with Crippen LogP contribution in [0.4, 0.5) is 8.78 Å². The first-order chi connectivity index (χ1) is 8.45. The molecule has 5 nitrogen and oxygen atoms in total. The molecule has 0 atom stereocenters. The Morgan fingerprint density at radius 1 is 1.28 bits per heavy atom. The van der Waals surface area contributed by atoms with Gasteiger partial charge in [-0.25, -0.2) is 19.1 Å². The highest BCUT2D eigenvalue weighted by molar-refractivity contribution is 5.89. The van der Waals surface area contributed by atoms with Gasteiger partial charge in [-0.1, -0.05) is 0 Å². The summed E-state index contributed by atoms with van der Waals surface area (Å²) < 4.78 is 31.2. The standard InChI is InChI=1S/C11H11F2NO4/c1-6(15)14-18-5-7-3-10(13)8(4-9(7)12)11(16)17-2/h3-4H,5H2,1-2H3,(H,14,15). The Kier molecular flexibility index (Phi) is 4.73. The highest BCUT2D eigenvalue weighted by Gasteiger charge is 2.16. The van der Waals surface area contributed by atoms with Gasteiger partial charge in [0.2, 0.25) is 5.91 Å². The second-order valence-corrected chi connectivity index (χ2v) is 3.36. The smallest absolute Gasteiger partial charge is 0.340 e. The van der Waals surface area contributed by atoms with Crippen LogP contribution in [0.2, 0.25) is 0 Å². The van der Waals surface area contributed by atoms with Crippen molar-refractivity contribution in [3.63, 3.8) is 0 Å². The third-order valence-electron chi connectivity index (χ3n) is 1.98. The molecule has 0 aliphatic carbocycles. The van der Waals surface area contributed by atoms with E-state index in [1.807, 2.05) is 5.48 Å². The van der Waals surface area contributed by atoms with Gasteiger partial charge < -0.3 is 4.74 Å². The lowest BCUT2D eigenvalue weighted by Gasteiger charge is -2.07. The van der Waals surface area contributed by atoms with Gasteiger partial charge in [0.15, 0.2) is 0 Å². The molecule has 98 valence electrons. The summed E-state index contributed by atoms with van der Waals surface area (Å²) in [4.78, 5) is 26.2. The number of nitrogens with one attached hydrogen (secondary N) is 1. The molecule has 1 N–H and O–H groups in total. The normalized spacial score (nSPS) is 10.0. The number of rotatable bonds is 4. The number of carbonyl (C=O) groups excluding carboxylic acids is 2. The van der Waals surface area contributed by atoms with Crippen molar-refractivity contribution in [2.24, 2.45) is 0 Å². The van der Waals surface area contributed by atoms with Gasteiger partial charge in [0, 0.05) is 12.5 Å². The number of halogens is 2. The van der Waals surface area contributed by atoms with E-state index in [2.05, 4.69) is 9.57 Å². The molecule has 0 heterocycles. The average molecular weight is 259 g/mol. The fraction of sp³-hybridized carbons (Fsp3) is 0.273. The largest absolute Gasteiger partial charge is 0.465 e. The molecule has 18 heavy (non-hydrogen) atoms. The van der Waals surface area contributed by atoms with Crippen LogP contribution in [-0.2, 0) is 21.0 Å². The fourth-order valence-corrected chi connectivity index (χ4v) is 1.18. The summed E-state index contributed by atoms with van der Waals surface area (Å²) in [5, 5.41) is 0. The van der Waals surface area contributed by atoms with Crippen LogP contribution in [0.25, 0.3) is 0 Å². The zero-order valence-corrected chi connectivity index (χ0v) is 9.75. The number of hydrogen-bond acceptors (Lipinski definition) is 4. The molecule has 0 fully saturated rings. The zero-order chi connectivity index (χ0) is 13.7. The van der Waals surface area contributed by atoms with Gasteiger partial charge in [-0.2, -0.15) is 0 Å². The third-order valence-corrected chi connectivity index (χ3v) is 1.98. The van der Waals surface area contributed by atoms with Crippen molar-refractivity contribution in [1.29, 1.82) is 0 Å². The van der Waals surface area contributed by atoms with Crippen LogP contribution in [0, 0.1) is 11.6 Å². The van der Waals surface area contributed by atoms with E-state index in [0.717, 1.165) is 13.2 Å². The van der Waals surface area contributed by atoms with Gasteiger partial charge in [-0.3, -0.25) is 9.63 Å². The first-order valence-electron chi connectivity index (χ1n) is 4.90.